The summed E-state index contributed by atoms with van der Waals surface area (Å²) in [6.45, 7) is 7.66. The van der Waals surface area contributed by atoms with Crippen LogP contribution in [0.4, 0.5) is 0 Å². The number of nitrogens with zero attached hydrogens (tertiary/aromatic N) is 5. The molecule has 176 valence electrons. The summed E-state index contributed by atoms with van der Waals surface area (Å²) >= 11 is 3.65. The van der Waals surface area contributed by atoms with E-state index in [9.17, 15) is 0 Å². The van der Waals surface area contributed by atoms with Gasteiger partial charge in [-0.15, -0.1) is 21.5 Å². The summed E-state index contributed by atoms with van der Waals surface area (Å²) in [5.41, 5.74) is 4.12. The van der Waals surface area contributed by atoms with Gasteiger partial charge in [-0.05, 0) is 68.5 Å². The fraction of sp³-hybridized carbons (Fsp3) is 0.423. The number of aryl methyl sites for hydroxylation is 2. The first-order chi connectivity index (χ1) is 16.5. The molecule has 1 aromatic carbocycles. The third-order valence-electron chi connectivity index (χ3n) is 7.31. The minimum absolute atomic E-state index is 0.378. The molecule has 4 heterocycles. The number of thiophene rings is 1. The van der Waals surface area contributed by atoms with Crippen LogP contribution in [0.5, 0.6) is 0 Å². The van der Waals surface area contributed by atoms with Crippen LogP contribution in [0.25, 0.3) is 22.0 Å². The molecule has 34 heavy (non-hydrogen) atoms. The average molecular weight is 492 g/mol. The highest BCUT2D eigenvalue weighted by molar-refractivity contribution is 7.99. The number of hydrogen-bond acceptors (Lipinski definition) is 7. The first kappa shape index (κ1) is 22.1. The fourth-order valence-electron chi connectivity index (χ4n) is 5.38. The van der Waals surface area contributed by atoms with E-state index >= 15 is 0 Å². The number of hydrogen-bond donors (Lipinski definition) is 0. The third kappa shape index (κ3) is 3.91. The van der Waals surface area contributed by atoms with Gasteiger partial charge in [-0.2, -0.15) is 0 Å². The molecule has 0 bridgehead atoms. The van der Waals surface area contributed by atoms with Gasteiger partial charge < -0.3 is 13.9 Å². The number of likely N-dealkylation sites (tertiary alicyclic amines) is 1. The molecule has 3 aromatic heterocycles. The van der Waals surface area contributed by atoms with Crippen LogP contribution >= 0.6 is 23.1 Å². The lowest BCUT2D eigenvalue weighted by Crippen LogP contribution is -2.27. The van der Waals surface area contributed by atoms with Crippen LogP contribution in [0.3, 0.4) is 0 Å². The minimum Gasteiger partial charge on any atom is -0.440 e. The quantitative estimate of drug-likeness (QED) is 0.237. The molecule has 1 saturated heterocycles. The van der Waals surface area contributed by atoms with Crippen LogP contribution in [-0.4, -0.2) is 50.0 Å². The van der Waals surface area contributed by atoms with Crippen molar-refractivity contribution in [2.45, 2.75) is 37.3 Å². The standard InChI is InChI=1S/C26H29N5OS2/c1-17-8-9-22(34-17)19-6-4-7-20(12-19)26-13-21(26)14-31(15-26)10-5-11-33-25-29-28-24(30(25)3)23-18(2)27-16-32-23/h4,6-9,12,16,21H,5,10-11,13-15H2,1-3H3/t21-,26+/m0/s1. The van der Waals surface area contributed by atoms with E-state index in [1.807, 2.05) is 29.9 Å². The second-order valence-corrected chi connectivity index (χ2v) is 12.0. The fourth-order valence-corrected chi connectivity index (χ4v) is 7.08. The number of fused-ring (bicyclic) bond motifs is 1. The molecule has 6 nitrogen and oxygen atoms in total. The Kier molecular flexibility index (Phi) is 5.62. The molecule has 0 N–H and O–H groups in total. The van der Waals surface area contributed by atoms with Crippen LogP contribution in [0.15, 0.2) is 52.4 Å². The van der Waals surface area contributed by atoms with E-state index in [2.05, 4.69) is 63.4 Å². The molecule has 2 fully saturated rings. The molecular weight excluding hydrogens is 462 g/mol. The van der Waals surface area contributed by atoms with Crippen molar-refractivity contribution < 1.29 is 4.42 Å². The molecule has 0 amide bonds. The van der Waals surface area contributed by atoms with Crippen molar-refractivity contribution in [3.63, 3.8) is 0 Å². The number of aromatic nitrogens is 4. The van der Waals surface area contributed by atoms with E-state index < -0.39 is 0 Å². The van der Waals surface area contributed by atoms with Gasteiger partial charge in [0.2, 0.25) is 5.82 Å². The smallest absolute Gasteiger partial charge is 0.202 e. The van der Waals surface area contributed by atoms with Crippen molar-refractivity contribution in [3.05, 3.63) is 58.9 Å². The monoisotopic (exact) mass is 491 g/mol. The van der Waals surface area contributed by atoms with Gasteiger partial charge in [0.25, 0.3) is 0 Å². The molecule has 0 radical (unpaired) electrons. The summed E-state index contributed by atoms with van der Waals surface area (Å²) in [4.78, 5) is 9.58. The second-order valence-electron chi connectivity index (χ2n) is 9.62. The molecule has 6 rings (SSSR count). The lowest BCUT2D eigenvalue weighted by molar-refractivity contribution is 0.299. The van der Waals surface area contributed by atoms with Gasteiger partial charge in [0.15, 0.2) is 17.3 Å². The van der Waals surface area contributed by atoms with E-state index in [1.54, 1.807) is 11.8 Å². The van der Waals surface area contributed by atoms with Gasteiger partial charge >= 0.3 is 0 Å². The van der Waals surface area contributed by atoms with Gasteiger partial charge in [-0.25, -0.2) is 4.98 Å². The van der Waals surface area contributed by atoms with Gasteiger partial charge in [-0.1, -0.05) is 30.0 Å². The van der Waals surface area contributed by atoms with Crippen molar-refractivity contribution in [2.24, 2.45) is 13.0 Å². The van der Waals surface area contributed by atoms with E-state index in [4.69, 9.17) is 4.42 Å². The van der Waals surface area contributed by atoms with Crippen molar-refractivity contribution >= 4 is 23.1 Å². The topological polar surface area (TPSA) is 60.0 Å². The zero-order valence-corrected chi connectivity index (χ0v) is 21.5. The molecule has 8 heteroatoms. The zero-order valence-electron chi connectivity index (χ0n) is 19.8. The number of thioether (sulfide) groups is 1. The van der Waals surface area contributed by atoms with Crippen LogP contribution < -0.4 is 0 Å². The summed E-state index contributed by atoms with van der Waals surface area (Å²) < 4.78 is 7.48. The lowest BCUT2D eigenvalue weighted by atomic mass is 9.93. The average Bonchev–Trinajstić information content (AvgIpc) is 3.31. The predicted octanol–water partition coefficient (Wildman–Crippen LogP) is 5.57. The Hall–Kier alpha value is -2.42. The maximum Gasteiger partial charge on any atom is 0.202 e. The SMILES string of the molecule is Cc1ccc(-c2cccc([C@]34C[C@H]3CN(CCCSc3nnc(-c5ocnc5C)n3C)C4)c2)s1. The predicted molar refractivity (Wildman–Crippen MR) is 137 cm³/mol. The van der Waals surface area contributed by atoms with E-state index in [0.717, 1.165) is 41.3 Å². The molecule has 4 aromatic rings. The number of rotatable bonds is 8. The Balaban J connectivity index is 1.04. The van der Waals surface area contributed by atoms with Gasteiger partial charge in [0.1, 0.15) is 0 Å². The number of oxazole rings is 1. The first-order valence-electron chi connectivity index (χ1n) is 11.9. The van der Waals surface area contributed by atoms with Crippen LogP contribution in [-0.2, 0) is 12.5 Å². The van der Waals surface area contributed by atoms with Gasteiger partial charge in [-0.3, -0.25) is 0 Å². The normalized spacial score (nSPS) is 21.8. The molecule has 1 aliphatic carbocycles. The summed E-state index contributed by atoms with van der Waals surface area (Å²) in [7, 11) is 1.99. The Morgan fingerprint density at radius 2 is 2.12 bits per heavy atom. The summed E-state index contributed by atoms with van der Waals surface area (Å²) in [5, 5.41) is 9.60. The summed E-state index contributed by atoms with van der Waals surface area (Å²) in [5.74, 6) is 3.27. The van der Waals surface area contributed by atoms with Crippen LogP contribution in [0.1, 0.15) is 29.0 Å². The Labute approximate surface area is 208 Å². The largest absolute Gasteiger partial charge is 0.440 e. The van der Waals surface area contributed by atoms with Crippen molar-refractivity contribution in [2.75, 3.05) is 25.4 Å². The molecule has 0 spiro atoms. The molecule has 1 aliphatic heterocycles. The van der Waals surface area contributed by atoms with E-state index in [1.165, 1.54) is 46.8 Å². The lowest BCUT2D eigenvalue weighted by Gasteiger charge is -2.21. The molecule has 2 atom stereocenters. The van der Waals surface area contributed by atoms with Crippen LogP contribution in [0.2, 0.25) is 0 Å². The highest BCUT2D eigenvalue weighted by Crippen LogP contribution is 2.59. The summed E-state index contributed by atoms with van der Waals surface area (Å²) in [6.07, 6.45) is 3.94. The zero-order chi connectivity index (χ0) is 23.3. The second kappa shape index (κ2) is 8.66. The van der Waals surface area contributed by atoms with E-state index in [0.29, 0.717) is 11.2 Å². The minimum atomic E-state index is 0.378. The van der Waals surface area contributed by atoms with Crippen molar-refractivity contribution in [1.29, 1.82) is 0 Å². The molecule has 0 unspecified atom stereocenters. The third-order valence-corrected chi connectivity index (χ3v) is 9.47. The summed E-state index contributed by atoms with van der Waals surface area (Å²) in [6, 6.07) is 13.8. The van der Waals surface area contributed by atoms with Gasteiger partial charge in [0.05, 0.1) is 5.69 Å². The van der Waals surface area contributed by atoms with Gasteiger partial charge in [0, 0.05) is 41.1 Å². The number of benzene rings is 1. The van der Waals surface area contributed by atoms with Crippen LogP contribution in [0, 0.1) is 19.8 Å². The maximum absolute atomic E-state index is 5.48. The van der Waals surface area contributed by atoms with Crippen molar-refractivity contribution in [3.8, 4) is 22.0 Å². The highest BCUT2D eigenvalue weighted by Gasteiger charge is 2.60. The molecule has 1 saturated carbocycles. The van der Waals surface area contributed by atoms with E-state index in [-0.39, 0.29) is 0 Å². The Morgan fingerprint density at radius 1 is 1.21 bits per heavy atom. The highest BCUT2D eigenvalue weighted by atomic mass is 32.2. The molecular formula is C26H29N5OS2. The number of piperidine rings is 1. The maximum atomic E-state index is 5.48. The Bertz CT molecular complexity index is 1320. The van der Waals surface area contributed by atoms with Crippen molar-refractivity contribution in [1.82, 2.24) is 24.6 Å². The first-order valence-corrected chi connectivity index (χ1v) is 13.7. The molecule has 2 aliphatic rings. The Morgan fingerprint density at radius 3 is 2.91 bits per heavy atom.